The van der Waals surface area contributed by atoms with Gasteiger partial charge in [-0.15, -0.1) is 0 Å². The highest BCUT2D eigenvalue weighted by atomic mass is 16.6. The summed E-state index contributed by atoms with van der Waals surface area (Å²) in [5.74, 6) is -1.08. The molecule has 4 aromatic rings. The molecule has 174 valence electrons. The molecule has 1 aromatic heterocycles. The number of carbonyl (C=O) groups is 2. The second kappa shape index (κ2) is 8.99. The van der Waals surface area contributed by atoms with Crippen LogP contribution in [0.3, 0.4) is 0 Å². The number of anilines is 2. The maximum atomic E-state index is 12.1. The van der Waals surface area contributed by atoms with Crippen molar-refractivity contribution in [2.75, 3.05) is 10.6 Å². The van der Waals surface area contributed by atoms with Crippen molar-refractivity contribution in [2.45, 2.75) is 32.6 Å². The molecule has 0 aliphatic carbocycles. The van der Waals surface area contributed by atoms with E-state index in [1.807, 2.05) is 18.2 Å². The number of pyridine rings is 1. The number of amides is 1. The number of carboxylic acids is 1. The van der Waals surface area contributed by atoms with Crippen LogP contribution in [0.1, 0.15) is 42.9 Å². The van der Waals surface area contributed by atoms with Crippen molar-refractivity contribution >= 4 is 45.2 Å². The first-order valence-corrected chi connectivity index (χ1v) is 10.7. The Hall–Kier alpha value is -4.17. The van der Waals surface area contributed by atoms with Crippen molar-refractivity contribution in [3.05, 3.63) is 77.9 Å². The van der Waals surface area contributed by atoms with Crippen LogP contribution in [-0.2, 0) is 4.74 Å². The van der Waals surface area contributed by atoms with Crippen LogP contribution in [0.15, 0.2) is 66.7 Å². The molecule has 8 heteroatoms. The SMILES string of the molecule is CC(C)(C)OC(=O)Nc1cccc(C(O)Nc2c3ccccc3nc3c(C(=O)O)cccc23)c1. The van der Waals surface area contributed by atoms with Crippen molar-refractivity contribution in [1.29, 1.82) is 0 Å². The van der Waals surface area contributed by atoms with E-state index in [2.05, 4.69) is 15.6 Å². The topological polar surface area (TPSA) is 121 Å². The number of rotatable bonds is 5. The van der Waals surface area contributed by atoms with Crippen LogP contribution in [0.4, 0.5) is 16.2 Å². The molecular formula is C26H25N3O5. The summed E-state index contributed by atoms with van der Waals surface area (Å²) >= 11 is 0. The quantitative estimate of drug-likeness (QED) is 0.228. The number of hydrogen-bond donors (Lipinski definition) is 4. The lowest BCUT2D eigenvalue weighted by molar-refractivity contribution is 0.0634. The van der Waals surface area contributed by atoms with Crippen LogP contribution < -0.4 is 10.6 Å². The zero-order chi connectivity index (χ0) is 24.5. The number of aromatic carboxylic acids is 1. The van der Waals surface area contributed by atoms with Crippen LogP contribution >= 0.6 is 0 Å². The van der Waals surface area contributed by atoms with E-state index in [0.717, 1.165) is 5.39 Å². The number of aliphatic hydroxyl groups excluding tert-OH is 1. The lowest BCUT2D eigenvalue weighted by Crippen LogP contribution is -2.27. The number of carboxylic acid groups (broad SMARTS) is 1. The molecule has 0 fully saturated rings. The number of benzene rings is 3. The number of hydrogen-bond acceptors (Lipinski definition) is 6. The molecule has 1 unspecified atom stereocenters. The molecule has 0 saturated heterocycles. The van der Waals surface area contributed by atoms with Gasteiger partial charge in [-0.2, -0.15) is 0 Å². The number of ether oxygens (including phenoxy) is 1. The maximum Gasteiger partial charge on any atom is 0.412 e. The highest BCUT2D eigenvalue weighted by Gasteiger charge is 2.19. The molecule has 0 spiro atoms. The molecule has 0 bridgehead atoms. The Morgan fingerprint density at radius 1 is 0.971 bits per heavy atom. The van der Waals surface area contributed by atoms with Gasteiger partial charge in [0, 0.05) is 22.0 Å². The largest absolute Gasteiger partial charge is 0.478 e. The first-order chi connectivity index (χ1) is 16.1. The molecule has 0 saturated carbocycles. The molecule has 34 heavy (non-hydrogen) atoms. The second-order valence-electron chi connectivity index (χ2n) is 8.81. The fourth-order valence-corrected chi connectivity index (χ4v) is 3.67. The van der Waals surface area contributed by atoms with Crippen molar-refractivity contribution in [3.63, 3.8) is 0 Å². The van der Waals surface area contributed by atoms with Gasteiger partial charge in [0.15, 0.2) is 6.23 Å². The van der Waals surface area contributed by atoms with E-state index in [9.17, 15) is 19.8 Å². The molecule has 0 aliphatic heterocycles. The van der Waals surface area contributed by atoms with Crippen molar-refractivity contribution in [1.82, 2.24) is 4.98 Å². The van der Waals surface area contributed by atoms with E-state index < -0.39 is 23.9 Å². The van der Waals surface area contributed by atoms with Gasteiger partial charge in [-0.25, -0.2) is 14.6 Å². The number of nitrogens with zero attached hydrogens (tertiary/aromatic N) is 1. The Morgan fingerprint density at radius 3 is 2.41 bits per heavy atom. The second-order valence-corrected chi connectivity index (χ2v) is 8.81. The van der Waals surface area contributed by atoms with Gasteiger partial charge in [0.25, 0.3) is 0 Å². The highest BCUT2D eigenvalue weighted by molar-refractivity contribution is 6.12. The summed E-state index contributed by atoms with van der Waals surface area (Å²) in [5.41, 5.74) is 1.87. The molecule has 0 aliphatic rings. The van der Waals surface area contributed by atoms with Crippen LogP contribution in [0.2, 0.25) is 0 Å². The van der Waals surface area contributed by atoms with Crippen LogP contribution in [-0.4, -0.2) is 32.9 Å². The minimum atomic E-state index is -1.15. The molecule has 4 N–H and O–H groups in total. The zero-order valence-electron chi connectivity index (χ0n) is 19.0. The van der Waals surface area contributed by atoms with Gasteiger partial charge < -0.3 is 20.3 Å². The third-order valence-corrected chi connectivity index (χ3v) is 5.07. The van der Waals surface area contributed by atoms with Gasteiger partial charge in [-0.3, -0.25) is 5.32 Å². The average Bonchev–Trinajstić information content (AvgIpc) is 2.77. The number of carbonyl (C=O) groups excluding carboxylic acids is 1. The summed E-state index contributed by atoms with van der Waals surface area (Å²) in [6.45, 7) is 5.32. The monoisotopic (exact) mass is 459 g/mol. The summed E-state index contributed by atoms with van der Waals surface area (Å²) in [7, 11) is 0. The molecule has 3 aromatic carbocycles. The fourth-order valence-electron chi connectivity index (χ4n) is 3.67. The van der Waals surface area contributed by atoms with Gasteiger partial charge in [0.05, 0.1) is 22.3 Å². The number of aliphatic hydroxyl groups is 1. The molecule has 1 amide bonds. The minimum Gasteiger partial charge on any atom is -0.478 e. The van der Waals surface area contributed by atoms with Crippen molar-refractivity contribution in [3.8, 4) is 0 Å². The summed E-state index contributed by atoms with van der Waals surface area (Å²) in [6.07, 6.45) is -1.75. The summed E-state index contributed by atoms with van der Waals surface area (Å²) in [5, 5.41) is 27.7. The van der Waals surface area contributed by atoms with Crippen molar-refractivity contribution < 1.29 is 24.5 Å². The Balaban J connectivity index is 1.71. The third kappa shape index (κ3) is 4.92. The third-order valence-electron chi connectivity index (χ3n) is 5.07. The lowest BCUT2D eigenvalue weighted by Gasteiger charge is -2.21. The highest BCUT2D eigenvalue weighted by Crippen LogP contribution is 2.34. The molecule has 1 atom stereocenters. The van der Waals surface area contributed by atoms with E-state index in [4.69, 9.17) is 4.74 Å². The summed E-state index contributed by atoms with van der Waals surface area (Å²) in [4.78, 5) is 28.4. The maximum absolute atomic E-state index is 12.1. The normalized spacial score (nSPS) is 12.4. The fraction of sp³-hybridized carbons (Fsp3) is 0.192. The number of nitrogens with one attached hydrogen (secondary N) is 2. The zero-order valence-corrected chi connectivity index (χ0v) is 19.0. The average molecular weight is 460 g/mol. The van der Waals surface area contributed by atoms with Crippen LogP contribution in [0.5, 0.6) is 0 Å². The predicted molar refractivity (Wildman–Crippen MR) is 131 cm³/mol. The smallest absolute Gasteiger partial charge is 0.412 e. The molecule has 1 heterocycles. The van der Waals surface area contributed by atoms with Gasteiger partial charge in [-0.1, -0.05) is 42.5 Å². The Bertz CT molecular complexity index is 1390. The number of fused-ring (bicyclic) bond motifs is 2. The standard InChI is InChI=1S/C26H25N3O5/c1-26(2,3)34-25(33)27-16-9-6-8-15(14-16)23(30)29-21-17-10-4-5-13-20(17)28-22-18(21)11-7-12-19(22)24(31)32/h4-14,23,30H,1-3H3,(H,27,33)(H,28,29)(H,31,32). The molecule has 0 radical (unpaired) electrons. The molecular weight excluding hydrogens is 434 g/mol. The van der Waals surface area contributed by atoms with Crippen LogP contribution in [0, 0.1) is 0 Å². The van der Waals surface area contributed by atoms with Gasteiger partial charge in [0.2, 0.25) is 0 Å². The molecule has 8 nitrogen and oxygen atoms in total. The van der Waals surface area contributed by atoms with Crippen molar-refractivity contribution in [2.24, 2.45) is 0 Å². The minimum absolute atomic E-state index is 0.0735. The van der Waals surface area contributed by atoms with E-state index >= 15 is 0 Å². The van der Waals surface area contributed by atoms with Gasteiger partial charge in [0.1, 0.15) is 5.60 Å². The van der Waals surface area contributed by atoms with E-state index in [-0.39, 0.29) is 5.56 Å². The van der Waals surface area contributed by atoms with E-state index in [1.54, 1.807) is 63.2 Å². The lowest BCUT2D eigenvalue weighted by atomic mass is 10.0. The van der Waals surface area contributed by atoms with Crippen LogP contribution in [0.25, 0.3) is 21.8 Å². The first kappa shape index (κ1) is 23.0. The summed E-state index contributed by atoms with van der Waals surface area (Å²) < 4.78 is 5.28. The summed E-state index contributed by atoms with van der Waals surface area (Å²) in [6, 6.07) is 19.0. The first-order valence-electron chi connectivity index (χ1n) is 10.7. The Morgan fingerprint density at radius 2 is 1.68 bits per heavy atom. The van der Waals surface area contributed by atoms with E-state index in [0.29, 0.717) is 33.4 Å². The Labute approximate surface area is 196 Å². The van der Waals surface area contributed by atoms with E-state index in [1.165, 1.54) is 6.07 Å². The molecule has 4 rings (SSSR count). The van der Waals surface area contributed by atoms with Gasteiger partial charge in [-0.05, 0) is 45.0 Å². The predicted octanol–water partition coefficient (Wildman–Crippen LogP) is 5.54. The number of aromatic nitrogens is 1. The van der Waals surface area contributed by atoms with Gasteiger partial charge >= 0.3 is 12.1 Å². The Kier molecular flexibility index (Phi) is 6.08. The number of para-hydroxylation sites is 2.